The van der Waals surface area contributed by atoms with E-state index in [0.29, 0.717) is 6.42 Å². The topological polar surface area (TPSA) is 118 Å². The summed E-state index contributed by atoms with van der Waals surface area (Å²) in [5.41, 5.74) is -2.13. The standard InChI is InChI=1S/C20H33N2O8PSi/c1-19(2,3)32(6,7)30-14-12-20(9-11-31(25,26-4)27-5)13-28-16(14)17(29-20)22-10-8-15(23)21-18(22)24/h8-11,14,16-17H,12-13H2,1-7H3,(H,21,23,24)/b11-9+/t14?,16-,17?,20?/m1/s1. The summed E-state index contributed by atoms with van der Waals surface area (Å²) in [6.07, 6.45) is 1.66. The van der Waals surface area contributed by atoms with Gasteiger partial charge >= 0.3 is 13.3 Å². The van der Waals surface area contributed by atoms with E-state index in [1.807, 2.05) is 0 Å². The predicted octanol–water partition coefficient (Wildman–Crippen LogP) is 2.98. The lowest BCUT2D eigenvalue weighted by atomic mass is 9.87. The van der Waals surface area contributed by atoms with Crippen molar-refractivity contribution >= 4 is 15.9 Å². The Morgan fingerprint density at radius 2 is 1.94 bits per heavy atom. The van der Waals surface area contributed by atoms with E-state index in [0.717, 1.165) is 0 Å². The molecule has 0 amide bonds. The lowest BCUT2D eigenvalue weighted by Crippen LogP contribution is -2.64. The second-order valence-electron chi connectivity index (χ2n) is 9.71. The monoisotopic (exact) mass is 488 g/mol. The Kier molecular flexibility index (Phi) is 6.95. The summed E-state index contributed by atoms with van der Waals surface area (Å²) in [4.78, 5) is 26.3. The summed E-state index contributed by atoms with van der Waals surface area (Å²) in [7, 11) is -3.05. The minimum absolute atomic E-state index is 0.0420. The molecule has 0 aliphatic carbocycles. The summed E-state index contributed by atoms with van der Waals surface area (Å²) in [5, 5.41) is -0.0420. The van der Waals surface area contributed by atoms with Gasteiger partial charge in [0.25, 0.3) is 5.56 Å². The van der Waals surface area contributed by atoms with Gasteiger partial charge in [-0.15, -0.1) is 0 Å². The second kappa shape index (κ2) is 8.79. The molecule has 0 radical (unpaired) electrons. The minimum atomic E-state index is -3.45. The van der Waals surface area contributed by atoms with Crippen molar-refractivity contribution in [2.24, 2.45) is 0 Å². The summed E-state index contributed by atoms with van der Waals surface area (Å²) < 4.78 is 43.1. The molecule has 4 atom stereocenters. The number of rotatable bonds is 7. The van der Waals surface area contributed by atoms with Gasteiger partial charge in [0.05, 0.1) is 12.7 Å². The first-order valence-corrected chi connectivity index (χ1v) is 15.0. The largest absolute Gasteiger partial charge is 0.411 e. The molecule has 4 heterocycles. The molecule has 32 heavy (non-hydrogen) atoms. The summed E-state index contributed by atoms with van der Waals surface area (Å²) in [6, 6.07) is 1.25. The number of hydrogen-bond acceptors (Lipinski definition) is 8. The number of ether oxygens (including phenoxy) is 2. The van der Waals surface area contributed by atoms with Crippen molar-refractivity contribution in [3.8, 4) is 0 Å². The van der Waals surface area contributed by atoms with Gasteiger partial charge in [0.15, 0.2) is 14.5 Å². The lowest BCUT2D eigenvalue weighted by molar-refractivity contribution is -0.305. The number of hydrogen-bond donors (Lipinski definition) is 1. The van der Waals surface area contributed by atoms with E-state index in [4.69, 9.17) is 22.9 Å². The van der Waals surface area contributed by atoms with Gasteiger partial charge in [-0.05, 0) is 24.2 Å². The van der Waals surface area contributed by atoms with Crippen LogP contribution in [-0.4, -0.2) is 56.5 Å². The fraction of sp³-hybridized carbons (Fsp3) is 0.700. The van der Waals surface area contributed by atoms with Crippen LogP contribution in [0.4, 0.5) is 0 Å². The van der Waals surface area contributed by atoms with Crippen LogP contribution in [0.5, 0.6) is 0 Å². The van der Waals surface area contributed by atoms with Crippen molar-refractivity contribution < 1.29 is 27.5 Å². The molecule has 3 saturated heterocycles. The van der Waals surface area contributed by atoms with Gasteiger partial charge in [-0.2, -0.15) is 0 Å². The lowest BCUT2D eigenvalue weighted by Gasteiger charge is -2.54. The molecule has 3 unspecified atom stereocenters. The van der Waals surface area contributed by atoms with Crippen molar-refractivity contribution in [3.63, 3.8) is 0 Å². The molecule has 1 aromatic heterocycles. The average molecular weight is 489 g/mol. The minimum Gasteiger partial charge on any atom is -0.411 e. The molecule has 3 aliphatic rings. The third-order valence-electron chi connectivity index (χ3n) is 6.52. The molecular formula is C20H33N2O8PSi. The maximum atomic E-state index is 12.6. The van der Waals surface area contributed by atoms with Gasteiger partial charge in [0.2, 0.25) is 0 Å². The molecule has 1 N–H and O–H groups in total. The third kappa shape index (κ3) is 4.94. The number of aromatic nitrogens is 2. The second-order valence-corrected chi connectivity index (χ2v) is 16.6. The molecule has 12 heteroatoms. The Labute approximate surface area is 188 Å². The molecule has 2 bridgehead atoms. The van der Waals surface area contributed by atoms with Crippen molar-refractivity contribution in [1.82, 2.24) is 9.55 Å². The molecule has 4 rings (SSSR count). The Bertz CT molecular complexity index is 1020. The zero-order valence-corrected chi connectivity index (χ0v) is 21.5. The quantitative estimate of drug-likeness (QED) is 0.460. The molecule has 3 fully saturated rings. The van der Waals surface area contributed by atoms with E-state index in [-0.39, 0.29) is 17.7 Å². The Hall–Kier alpha value is -1.33. The fourth-order valence-corrected chi connectivity index (χ4v) is 5.78. The first-order valence-electron chi connectivity index (χ1n) is 10.5. The van der Waals surface area contributed by atoms with E-state index in [1.54, 1.807) is 6.08 Å². The normalized spacial score (nSPS) is 29.0. The zero-order chi connectivity index (χ0) is 23.9. The first kappa shape index (κ1) is 25.3. The van der Waals surface area contributed by atoms with Gasteiger partial charge in [-0.25, -0.2) is 4.79 Å². The SMILES string of the molecule is COP(=O)(/C=C/C12CO[C@H](C(O[Si](C)(C)C(C)(C)C)C1)C(n1ccc(=O)[nH]c1=O)O2)OC. The van der Waals surface area contributed by atoms with E-state index in [9.17, 15) is 14.2 Å². The maximum absolute atomic E-state index is 12.6. The van der Waals surface area contributed by atoms with Crippen molar-refractivity contribution in [2.75, 3.05) is 20.8 Å². The van der Waals surface area contributed by atoms with Gasteiger partial charge in [0.1, 0.15) is 11.7 Å². The van der Waals surface area contributed by atoms with E-state index < -0.39 is 45.1 Å². The Morgan fingerprint density at radius 1 is 1.28 bits per heavy atom. The van der Waals surface area contributed by atoms with Gasteiger partial charge in [0, 0.05) is 38.7 Å². The van der Waals surface area contributed by atoms with Crippen LogP contribution in [0.1, 0.15) is 33.4 Å². The molecule has 180 valence electrons. The molecule has 0 spiro atoms. The Morgan fingerprint density at radius 3 is 2.50 bits per heavy atom. The number of nitrogens with zero attached hydrogens (tertiary/aromatic N) is 1. The molecule has 1 aromatic rings. The number of fused-ring (bicyclic) bond motifs is 3. The summed E-state index contributed by atoms with van der Waals surface area (Å²) >= 11 is 0. The highest BCUT2D eigenvalue weighted by molar-refractivity contribution is 7.57. The maximum Gasteiger partial charge on any atom is 0.353 e. The average Bonchev–Trinajstić information content (AvgIpc) is 2.71. The van der Waals surface area contributed by atoms with Gasteiger partial charge in [-0.3, -0.25) is 18.9 Å². The molecular weight excluding hydrogens is 455 g/mol. The number of H-pyrrole nitrogens is 1. The van der Waals surface area contributed by atoms with Crippen LogP contribution in [0, 0.1) is 0 Å². The Balaban J connectivity index is 2.03. The highest BCUT2D eigenvalue weighted by Gasteiger charge is 2.56. The van der Waals surface area contributed by atoms with Crippen molar-refractivity contribution in [3.05, 3.63) is 45.0 Å². The van der Waals surface area contributed by atoms with Gasteiger partial charge < -0.3 is 22.9 Å². The highest BCUT2D eigenvalue weighted by atomic mass is 31.2. The van der Waals surface area contributed by atoms with Gasteiger partial charge in [-0.1, -0.05) is 20.8 Å². The van der Waals surface area contributed by atoms with Crippen LogP contribution in [0.3, 0.4) is 0 Å². The number of nitrogens with one attached hydrogen (secondary N) is 1. The van der Waals surface area contributed by atoms with Crippen LogP contribution in [-0.2, 0) is 27.5 Å². The van der Waals surface area contributed by atoms with E-state index >= 15 is 0 Å². The van der Waals surface area contributed by atoms with Crippen LogP contribution < -0.4 is 11.2 Å². The first-order chi connectivity index (χ1) is 14.7. The van der Waals surface area contributed by atoms with Crippen LogP contribution in [0.2, 0.25) is 18.1 Å². The summed E-state index contributed by atoms with van der Waals surface area (Å²) in [6.45, 7) is 10.9. The summed E-state index contributed by atoms with van der Waals surface area (Å²) in [5.74, 6) is 1.35. The third-order valence-corrected chi connectivity index (χ3v) is 12.6. The van der Waals surface area contributed by atoms with E-state index in [2.05, 4.69) is 38.8 Å². The van der Waals surface area contributed by atoms with Crippen molar-refractivity contribution in [1.29, 1.82) is 0 Å². The van der Waals surface area contributed by atoms with E-state index in [1.165, 1.54) is 36.9 Å². The van der Waals surface area contributed by atoms with Crippen molar-refractivity contribution in [2.45, 2.75) is 69.4 Å². The fourth-order valence-electron chi connectivity index (χ4n) is 3.60. The van der Waals surface area contributed by atoms with Crippen LogP contribution in [0.25, 0.3) is 0 Å². The van der Waals surface area contributed by atoms with Crippen LogP contribution >= 0.6 is 7.60 Å². The molecule has 10 nitrogen and oxygen atoms in total. The molecule has 3 aliphatic heterocycles. The smallest absolute Gasteiger partial charge is 0.353 e. The molecule has 0 aromatic carbocycles. The number of aromatic amines is 1. The molecule has 0 saturated carbocycles. The zero-order valence-electron chi connectivity index (χ0n) is 19.6. The highest BCUT2D eigenvalue weighted by Crippen LogP contribution is 2.51. The van der Waals surface area contributed by atoms with Crippen LogP contribution in [0.15, 0.2) is 33.7 Å². The predicted molar refractivity (Wildman–Crippen MR) is 121 cm³/mol.